The zero-order valence-electron chi connectivity index (χ0n) is 11.5. The summed E-state index contributed by atoms with van der Waals surface area (Å²) in [6.45, 7) is 3.42. The van der Waals surface area contributed by atoms with Crippen LogP contribution in [0.3, 0.4) is 0 Å². The molecule has 0 aromatic carbocycles. The summed E-state index contributed by atoms with van der Waals surface area (Å²) in [4.78, 5) is 13.2. The van der Waals surface area contributed by atoms with Crippen molar-refractivity contribution >= 4 is 17.7 Å². The van der Waals surface area contributed by atoms with Gasteiger partial charge in [-0.1, -0.05) is 11.8 Å². The summed E-state index contributed by atoms with van der Waals surface area (Å²) in [5.41, 5.74) is 0. The predicted molar refractivity (Wildman–Crippen MR) is 76.0 cm³/mol. The zero-order valence-corrected chi connectivity index (χ0v) is 12.3. The van der Waals surface area contributed by atoms with E-state index in [1.54, 1.807) is 0 Å². The highest BCUT2D eigenvalue weighted by Crippen LogP contribution is 2.38. The maximum absolute atomic E-state index is 10.7. The van der Waals surface area contributed by atoms with Crippen LogP contribution in [-0.2, 0) is 11.2 Å². The number of carboxylic acid groups (broad SMARTS) is 1. The second-order valence-electron chi connectivity index (χ2n) is 5.48. The Bertz CT molecular complexity index is 481. The van der Waals surface area contributed by atoms with Gasteiger partial charge in [-0.05, 0) is 38.8 Å². The molecular weight excluding hydrogens is 276 g/mol. The normalized spacial score (nSPS) is 19.6. The molecule has 0 unspecified atom stereocenters. The second kappa shape index (κ2) is 6.13. The molecule has 3 rings (SSSR count). The Hall–Kier alpha value is -1.08. The van der Waals surface area contributed by atoms with Crippen LogP contribution in [0.4, 0.5) is 0 Å². The van der Waals surface area contributed by atoms with Crippen LogP contribution < -0.4 is 0 Å². The van der Waals surface area contributed by atoms with Gasteiger partial charge >= 0.3 is 5.97 Å². The first-order valence-corrected chi connectivity index (χ1v) is 8.23. The molecule has 20 heavy (non-hydrogen) atoms. The van der Waals surface area contributed by atoms with Gasteiger partial charge in [-0.25, -0.2) is 0 Å². The van der Waals surface area contributed by atoms with Crippen LogP contribution in [0.25, 0.3) is 0 Å². The summed E-state index contributed by atoms with van der Waals surface area (Å²) < 4.78 is 2.17. The van der Waals surface area contributed by atoms with Crippen LogP contribution in [0.1, 0.15) is 37.5 Å². The number of thioether (sulfide) groups is 1. The summed E-state index contributed by atoms with van der Waals surface area (Å²) in [5.74, 6) is 0.267. The van der Waals surface area contributed by atoms with Gasteiger partial charge in [-0.15, -0.1) is 10.2 Å². The minimum Gasteiger partial charge on any atom is -0.481 e. The molecule has 0 spiro atoms. The largest absolute Gasteiger partial charge is 0.481 e. The monoisotopic (exact) mass is 296 g/mol. The molecule has 1 aliphatic carbocycles. The summed E-state index contributed by atoms with van der Waals surface area (Å²) in [6.07, 6.45) is 5.84. The Morgan fingerprint density at radius 2 is 2.05 bits per heavy atom. The van der Waals surface area contributed by atoms with Gasteiger partial charge in [0.15, 0.2) is 5.16 Å². The summed E-state index contributed by atoms with van der Waals surface area (Å²) in [5, 5.41) is 18.0. The average Bonchev–Trinajstić information content (AvgIpc) is 2.98. The van der Waals surface area contributed by atoms with Crippen LogP contribution in [-0.4, -0.2) is 56.1 Å². The summed E-state index contributed by atoms with van der Waals surface area (Å²) in [6, 6.07) is 0.495. The number of carbonyl (C=O) groups is 1. The van der Waals surface area contributed by atoms with Gasteiger partial charge < -0.3 is 14.6 Å². The summed E-state index contributed by atoms with van der Waals surface area (Å²) in [7, 11) is 0. The van der Waals surface area contributed by atoms with E-state index in [0.717, 1.165) is 36.8 Å². The molecule has 2 fully saturated rings. The van der Waals surface area contributed by atoms with E-state index < -0.39 is 5.97 Å². The van der Waals surface area contributed by atoms with E-state index in [9.17, 15) is 4.79 Å². The fraction of sp³-hybridized carbons (Fsp3) is 0.769. The van der Waals surface area contributed by atoms with E-state index in [1.807, 2.05) is 0 Å². The first kappa shape index (κ1) is 13.9. The maximum atomic E-state index is 10.7. The average molecular weight is 296 g/mol. The highest BCUT2D eigenvalue weighted by Gasteiger charge is 2.29. The number of aliphatic carboxylic acids is 1. The van der Waals surface area contributed by atoms with Gasteiger partial charge in [-0.2, -0.15) is 0 Å². The van der Waals surface area contributed by atoms with Gasteiger partial charge in [0, 0.05) is 19.0 Å². The molecule has 0 atom stereocenters. The van der Waals surface area contributed by atoms with Crippen molar-refractivity contribution in [2.24, 2.45) is 0 Å². The number of likely N-dealkylation sites (tertiary alicyclic amines) is 1. The fourth-order valence-corrected chi connectivity index (χ4v) is 3.41. The lowest BCUT2D eigenvalue weighted by molar-refractivity contribution is -0.133. The molecular formula is C13H20N4O2S. The van der Waals surface area contributed by atoms with E-state index in [-0.39, 0.29) is 5.75 Å². The smallest absolute Gasteiger partial charge is 0.313 e. The van der Waals surface area contributed by atoms with Gasteiger partial charge in [0.25, 0.3) is 0 Å². The van der Waals surface area contributed by atoms with E-state index in [4.69, 9.17) is 5.11 Å². The molecule has 1 aliphatic heterocycles. The molecule has 2 aliphatic rings. The summed E-state index contributed by atoms with van der Waals surface area (Å²) >= 11 is 1.28. The van der Waals surface area contributed by atoms with E-state index >= 15 is 0 Å². The SMILES string of the molecule is O=C(O)CSc1nnc(CCN2CCCC2)n1C1CC1. The lowest BCUT2D eigenvalue weighted by Gasteiger charge is -2.14. The second-order valence-corrected chi connectivity index (χ2v) is 6.42. The van der Waals surface area contributed by atoms with E-state index in [1.165, 1.54) is 37.7 Å². The van der Waals surface area contributed by atoms with Crippen molar-refractivity contribution in [2.75, 3.05) is 25.4 Å². The Morgan fingerprint density at radius 3 is 2.70 bits per heavy atom. The van der Waals surface area contributed by atoms with Crippen LogP contribution in [0.15, 0.2) is 5.16 Å². The number of nitrogens with zero attached hydrogens (tertiary/aromatic N) is 4. The van der Waals surface area contributed by atoms with Crippen LogP contribution in [0, 0.1) is 0 Å². The lowest BCUT2D eigenvalue weighted by atomic mass is 10.3. The molecule has 1 saturated carbocycles. The first-order valence-electron chi connectivity index (χ1n) is 7.25. The maximum Gasteiger partial charge on any atom is 0.313 e. The van der Waals surface area contributed by atoms with E-state index in [0.29, 0.717) is 6.04 Å². The Kier molecular flexibility index (Phi) is 4.26. The quantitative estimate of drug-likeness (QED) is 0.768. The highest BCUT2D eigenvalue weighted by molar-refractivity contribution is 7.99. The van der Waals surface area contributed by atoms with Crippen LogP contribution in [0.2, 0.25) is 0 Å². The molecule has 110 valence electrons. The number of carboxylic acids is 1. The fourth-order valence-electron chi connectivity index (χ4n) is 2.67. The number of rotatable bonds is 7. The molecule has 7 heteroatoms. The van der Waals surface area contributed by atoms with Gasteiger partial charge in [0.05, 0.1) is 5.75 Å². The van der Waals surface area contributed by atoms with Crippen molar-refractivity contribution in [1.29, 1.82) is 0 Å². The third-order valence-electron chi connectivity index (χ3n) is 3.82. The number of aromatic nitrogens is 3. The Labute approximate surface area is 122 Å². The number of hydrogen-bond donors (Lipinski definition) is 1. The van der Waals surface area contributed by atoms with Crippen LogP contribution in [0.5, 0.6) is 0 Å². The molecule has 2 heterocycles. The van der Waals surface area contributed by atoms with Crippen molar-refractivity contribution in [1.82, 2.24) is 19.7 Å². The third-order valence-corrected chi connectivity index (χ3v) is 4.75. The van der Waals surface area contributed by atoms with Crippen molar-refractivity contribution in [3.05, 3.63) is 5.82 Å². The molecule has 0 amide bonds. The zero-order chi connectivity index (χ0) is 13.9. The Balaban J connectivity index is 1.65. The molecule has 0 radical (unpaired) electrons. The third kappa shape index (κ3) is 3.32. The standard InChI is InChI=1S/C13H20N4O2S/c18-12(19)9-20-13-15-14-11(17(13)10-3-4-10)5-8-16-6-1-2-7-16/h10H,1-9H2,(H,18,19). The van der Waals surface area contributed by atoms with Crippen molar-refractivity contribution in [3.8, 4) is 0 Å². The molecule has 1 N–H and O–H groups in total. The number of hydrogen-bond acceptors (Lipinski definition) is 5. The predicted octanol–water partition coefficient (Wildman–Crippen LogP) is 1.43. The molecule has 1 saturated heterocycles. The topological polar surface area (TPSA) is 71.2 Å². The lowest BCUT2D eigenvalue weighted by Crippen LogP contribution is -2.23. The molecule has 1 aromatic heterocycles. The molecule has 6 nitrogen and oxygen atoms in total. The minimum absolute atomic E-state index is 0.0526. The van der Waals surface area contributed by atoms with Crippen molar-refractivity contribution < 1.29 is 9.90 Å². The van der Waals surface area contributed by atoms with E-state index in [2.05, 4.69) is 19.7 Å². The van der Waals surface area contributed by atoms with Gasteiger partial charge in [0.2, 0.25) is 0 Å². The van der Waals surface area contributed by atoms with Gasteiger partial charge in [0.1, 0.15) is 5.82 Å². The molecule has 0 bridgehead atoms. The first-order chi connectivity index (χ1) is 9.74. The van der Waals surface area contributed by atoms with Crippen molar-refractivity contribution in [3.63, 3.8) is 0 Å². The van der Waals surface area contributed by atoms with Crippen molar-refractivity contribution in [2.45, 2.75) is 43.3 Å². The highest BCUT2D eigenvalue weighted by atomic mass is 32.2. The molecule has 1 aromatic rings. The minimum atomic E-state index is -0.807. The van der Waals surface area contributed by atoms with Gasteiger partial charge in [-0.3, -0.25) is 4.79 Å². The Morgan fingerprint density at radius 1 is 1.30 bits per heavy atom. The van der Waals surface area contributed by atoms with Crippen LogP contribution >= 0.6 is 11.8 Å².